The van der Waals surface area contributed by atoms with Gasteiger partial charge in [-0.05, 0) is 19.1 Å². The van der Waals surface area contributed by atoms with Gasteiger partial charge in [0.25, 0.3) is 0 Å². The average molecular weight is 307 g/mol. The molecule has 0 aliphatic heterocycles. The first-order valence-electron chi connectivity index (χ1n) is 7.33. The van der Waals surface area contributed by atoms with Gasteiger partial charge < -0.3 is 15.2 Å². The summed E-state index contributed by atoms with van der Waals surface area (Å²) < 4.78 is 5.24. The molecular weight excluding hydrogens is 290 g/mol. The van der Waals surface area contributed by atoms with Gasteiger partial charge >= 0.3 is 6.03 Å². The summed E-state index contributed by atoms with van der Waals surface area (Å²) in [5.74, 6) is 0.600. The molecule has 1 aromatic heterocycles. The number of hydrogen-bond donors (Lipinski definition) is 2. The van der Waals surface area contributed by atoms with E-state index in [-0.39, 0.29) is 12.6 Å². The van der Waals surface area contributed by atoms with Crippen molar-refractivity contribution in [3.8, 4) is 11.3 Å². The van der Waals surface area contributed by atoms with E-state index < -0.39 is 0 Å². The van der Waals surface area contributed by atoms with Crippen LogP contribution in [0.3, 0.4) is 0 Å². The van der Waals surface area contributed by atoms with Crippen molar-refractivity contribution < 1.29 is 9.32 Å². The summed E-state index contributed by atoms with van der Waals surface area (Å²) in [6.07, 6.45) is 0. The predicted octanol–water partition coefficient (Wildman–Crippen LogP) is 3.97. The summed E-state index contributed by atoms with van der Waals surface area (Å²) in [4.78, 5) is 11.9. The maximum Gasteiger partial charge on any atom is 0.319 e. The van der Waals surface area contributed by atoms with Crippen molar-refractivity contribution in [2.45, 2.75) is 13.5 Å². The number of aromatic nitrogens is 1. The molecule has 0 aliphatic carbocycles. The molecule has 3 aromatic rings. The second-order valence-electron chi connectivity index (χ2n) is 5.22. The number of aryl methyl sites for hydroxylation is 1. The molecule has 3 rings (SSSR count). The van der Waals surface area contributed by atoms with E-state index in [0.29, 0.717) is 5.76 Å². The first-order chi connectivity index (χ1) is 11.2. The van der Waals surface area contributed by atoms with Crippen LogP contribution in [0.15, 0.2) is 65.2 Å². The summed E-state index contributed by atoms with van der Waals surface area (Å²) in [5, 5.41) is 9.52. The lowest BCUT2D eigenvalue weighted by molar-refractivity contribution is 0.250. The van der Waals surface area contributed by atoms with E-state index in [1.165, 1.54) is 0 Å². The largest absolute Gasteiger partial charge is 0.359 e. The van der Waals surface area contributed by atoms with Crippen molar-refractivity contribution in [3.05, 3.63) is 72.0 Å². The van der Waals surface area contributed by atoms with Gasteiger partial charge in [0.15, 0.2) is 5.76 Å². The molecule has 2 N–H and O–H groups in total. The van der Waals surface area contributed by atoms with E-state index in [0.717, 1.165) is 22.5 Å². The van der Waals surface area contributed by atoms with Crippen LogP contribution in [0.25, 0.3) is 11.3 Å². The minimum atomic E-state index is -0.286. The standard InChI is InChI=1S/C18H17N3O2/c1-13-7-9-15(10-8-13)20-18(22)19-12-16-11-17(21-23-16)14-5-3-2-4-6-14/h2-11H,12H2,1H3,(H2,19,20,22). The van der Waals surface area contributed by atoms with Crippen molar-refractivity contribution in [3.63, 3.8) is 0 Å². The van der Waals surface area contributed by atoms with Gasteiger partial charge in [-0.15, -0.1) is 0 Å². The molecule has 5 nitrogen and oxygen atoms in total. The molecule has 0 unspecified atom stereocenters. The van der Waals surface area contributed by atoms with Gasteiger partial charge in [-0.3, -0.25) is 0 Å². The van der Waals surface area contributed by atoms with Crippen LogP contribution >= 0.6 is 0 Å². The summed E-state index contributed by atoms with van der Waals surface area (Å²) in [6.45, 7) is 2.27. The molecular formula is C18H17N3O2. The van der Waals surface area contributed by atoms with E-state index in [4.69, 9.17) is 4.52 Å². The summed E-state index contributed by atoms with van der Waals surface area (Å²) in [5.41, 5.74) is 3.62. The number of anilines is 1. The molecule has 0 saturated carbocycles. The van der Waals surface area contributed by atoms with E-state index in [1.807, 2.05) is 67.6 Å². The molecule has 2 amide bonds. The van der Waals surface area contributed by atoms with E-state index in [2.05, 4.69) is 15.8 Å². The van der Waals surface area contributed by atoms with E-state index >= 15 is 0 Å². The second kappa shape index (κ2) is 6.79. The Morgan fingerprint density at radius 2 is 1.83 bits per heavy atom. The molecule has 2 aromatic carbocycles. The van der Waals surface area contributed by atoms with Gasteiger partial charge in [-0.25, -0.2) is 4.79 Å². The van der Waals surface area contributed by atoms with Crippen LogP contribution in [0.1, 0.15) is 11.3 Å². The maximum atomic E-state index is 11.9. The van der Waals surface area contributed by atoms with Crippen LogP contribution in [0.5, 0.6) is 0 Å². The molecule has 0 atom stereocenters. The Morgan fingerprint density at radius 3 is 2.57 bits per heavy atom. The first-order valence-corrected chi connectivity index (χ1v) is 7.33. The quantitative estimate of drug-likeness (QED) is 0.766. The second-order valence-corrected chi connectivity index (χ2v) is 5.22. The van der Waals surface area contributed by atoms with E-state index in [1.54, 1.807) is 0 Å². The molecule has 0 radical (unpaired) electrons. The molecule has 0 bridgehead atoms. The summed E-state index contributed by atoms with van der Waals surface area (Å²) in [6, 6.07) is 18.9. The Morgan fingerprint density at radius 1 is 1.09 bits per heavy atom. The molecule has 5 heteroatoms. The lowest BCUT2D eigenvalue weighted by Crippen LogP contribution is -2.27. The highest BCUT2D eigenvalue weighted by Gasteiger charge is 2.08. The predicted molar refractivity (Wildman–Crippen MR) is 89.0 cm³/mol. The van der Waals surface area contributed by atoms with Crippen molar-refractivity contribution in [1.82, 2.24) is 10.5 Å². The van der Waals surface area contributed by atoms with Gasteiger partial charge in [0.1, 0.15) is 5.69 Å². The fraction of sp³-hybridized carbons (Fsp3) is 0.111. The van der Waals surface area contributed by atoms with Crippen LogP contribution in [-0.2, 0) is 6.54 Å². The Labute approximate surface area is 134 Å². The molecule has 116 valence electrons. The van der Waals surface area contributed by atoms with Gasteiger partial charge in [0, 0.05) is 17.3 Å². The number of rotatable bonds is 4. The Hall–Kier alpha value is -3.08. The van der Waals surface area contributed by atoms with E-state index in [9.17, 15) is 4.79 Å². The zero-order valence-electron chi connectivity index (χ0n) is 12.7. The molecule has 0 saturated heterocycles. The number of amides is 2. The maximum absolute atomic E-state index is 11.9. The fourth-order valence-corrected chi connectivity index (χ4v) is 2.12. The van der Waals surface area contributed by atoms with Crippen LogP contribution in [-0.4, -0.2) is 11.2 Å². The van der Waals surface area contributed by atoms with Gasteiger partial charge in [0.2, 0.25) is 0 Å². The minimum absolute atomic E-state index is 0.275. The Kier molecular flexibility index (Phi) is 4.38. The Bertz CT molecular complexity index is 780. The highest BCUT2D eigenvalue weighted by atomic mass is 16.5. The third-order valence-corrected chi connectivity index (χ3v) is 3.36. The average Bonchev–Trinajstić information content (AvgIpc) is 3.05. The summed E-state index contributed by atoms with van der Waals surface area (Å²) >= 11 is 0. The monoisotopic (exact) mass is 307 g/mol. The number of carbonyl (C=O) groups excluding carboxylic acids is 1. The molecule has 0 spiro atoms. The molecule has 0 aliphatic rings. The van der Waals surface area contributed by atoms with Crippen molar-refractivity contribution in [2.24, 2.45) is 0 Å². The lowest BCUT2D eigenvalue weighted by atomic mass is 10.1. The van der Waals surface area contributed by atoms with Gasteiger partial charge in [0.05, 0.1) is 6.54 Å². The number of hydrogen-bond acceptors (Lipinski definition) is 3. The zero-order valence-corrected chi connectivity index (χ0v) is 12.7. The lowest BCUT2D eigenvalue weighted by Gasteiger charge is -2.06. The fourth-order valence-electron chi connectivity index (χ4n) is 2.12. The minimum Gasteiger partial charge on any atom is -0.359 e. The van der Waals surface area contributed by atoms with Crippen LogP contribution in [0.2, 0.25) is 0 Å². The van der Waals surface area contributed by atoms with Crippen LogP contribution in [0, 0.1) is 6.92 Å². The van der Waals surface area contributed by atoms with Gasteiger partial charge in [-0.2, -0.15) is 0 Å². The smallest absolute Gasteiger partial charge is 0.319 e. The van der Waals surface area contributed by atoms with Crippen molar-refractivity contribution in [1.29, 1.82) is 0 Å². The number of benzene rings is 2. The topological polar surface area (TPSA) is 67.2 Å². The van der Waals surface area contributed by atoms with Crippen molar-refractivity contribution >= 4 is 11.7 Å². The molecule has 23 heavy (non-hydrogen) atoms. The van der Waals surface area contributed by atoms with Gasteiger partial charge in [-0.1, -0.05) is 53.2 Å². The number of nitrogens with zero attached hydrogens (tertiary/aromatic N) is 1. The summed E-state index contributed by atoms with van der Waals surface area (Å²) in [7, 11) is 0. The normalized spacial score (nSPS) is 10.3. The first kappa shape index (κ1) is 14.8. The van der Waals surface area contributed by atoms with Crippen molar-refractivity contribution in [2.75, 3.05) is 5.32 Å². The Balaban J connectivity index is 1.55. The van der Waals surface area contributed by atoms with Crippen LogP contribution in [0.4, 0.5) is 10.5 Å². The number of carbonyl (C=O) groups is 1. The highest BCUT2D eigenvalue weighted by molar-refractivity contribution is 5.89. The zero-order chi connectivity index (χ0) is 16.1. The molecule has 1 heterocycles. The number of urea groups is 1. The SMILES string of the molecule is Cc1ccc(NC(=O)NCc2cc(-c3ccccc3)no2)cc1. The third-order valence-electron chi connectivity index (χ3n) is 3.36. The highest BCUT2D eigenvalue weighted by Crippen LogP contribution is 2.18. The molecule has 0 fully saturated rings. The third kappa shape index (κ3) is 3.97. The van der Waals surface area contributed by atoms with Crippen LogP contribution < -0.4 is 10.6 Å². The number of nitrogens with one attached hydrogen (secondary N) is 2.